The summed E-state index contributed by atoms with van der Waals surface area (Å²) in [6.45, 7) is 3.97. The van der Waals surface area contributed by atoms with E-state index in [0.29, 0.717) is 24.4 Å². The van der Waals surface area contributed by atoms with Crippen molar-refractivity contribution in [3.8, 4) is 0 Å². The van der Waals surface area contributed by atoms with Gasteiger partial charge in [-0.05, 0) is 38.0 Å². The molecule has 4 N–H and O–H groups in total. The summed E-state index contributed by atoms with van der Waals surface area (Å²) < 4.78 is 1.76. The van der Waals surface area contributed by atoms with Crippen LogP contribution in [-0.4, -0.2) is 56.6 Å². The fraction of sp³-hybridized carbons (Fsp3) is 0.375. The SMILES string of the molecule is Cc1ccn2c(C(=O)N[C@@H]3CN[C@H](C(=O)O)C3)c(C)nc2c1.O=CO. The second kappa shape index (κ2) is 7.75. The molecule has 2 aromatic heterocycles. The van der Waals surface area contributed by atoms with E-state index in [9.17, 15) is 9.59 Å². The summed E-state index contributed by atoms with van der Waals surface area (Å²) in [5.41, 5.74) is 2.96. The van der Waals surface area contributed by atoms with E-state index in [1.165, 1.54) is 0 Å². The summed E-state index contributed by atoms with van der Waals surface area (Å²) in [7, 11) is 0. The van der Waals surface area contributed by atoms with Crippen LogP contribution < -0.4 is 10.6 Å². The molecule has 1 saturated heterocycles. The number of hydrogen-bond acceptors (Lipinski definition) is 5. The minimum atomic E-state index is -0.891. The Labute approximate surface area is 143 Å². The van der Waals surface area contributed by atoms with Crippen LogP contribution in [0.5, 0.6) is 0 Å². The number of carbonyl (C=O) groups excluding carboxylic acids is 1. The van der Waals surface area contributed by atoms with Crippen molar-refractivity contribution in [1.82, 2.24) is 20.0 Å². The summed E-state index contributed by atoms with van der Waals surface area (Å²) in [4.78, 5) is 36.2. The molecule has 2 atom stereocenters. The maximum atomic E-state index is 12.5. The highest BCUT2D eigenvalue weighted by Crippen LogP contribution is 2.15. The van der Waals surface area contributed by atoms with Crippen LogP contribution in [0, 0.1) is 13.8 Å². The third kappa shape index (κ3) is 4.13. The van der Waals surface area contributed by atoms with Crippen molar-refractivity contribution in [2.24, 2.45) is 0 Å². The zero-order chi connectivity index (χ0) is 18.6. The lowest BCUT2D eigenvalue weighted by Crippen LogP contribution is -2.37. The molecule has 0 bridgehead atoms. The van der Waals surface area contributed by atoms with E-state index in [0.717, 1.165) is 11.2 Å². The second-order valence-electron chi connectivity index (χ2n) is 5.79. The van der Waals surface area contributed by atoms with Gasteiger partial charge in [-0.2, -0.15) is 0 Å². The number of carboxylic acids is 1. The highest BCUT2D eigenvalue weighted by Gasteiger charge is 2.31. The number of aromatic nitrogens is 2. The van der Waals surface area contributed by atoms with Crippen molar-refractivity contribution in [1.29, 1.82) is 0 Å². The van der Waals surface area contributed by atoms with Gasteiger partial charge >= 0.3 is 5.97 Å². The molecule has 1 fully saturated rings. The number of rotatable bonds is 3. The van der Waals surface area contributed by atoms with Crippen molar-refractivity contribution >= 4 is 24.0 Å². The first kappa shape index (κ1) is 18.4. The van der Waals surface area contributed by atoms with Gasteiger partial charge in [0.1, 0.15) is 17.4 Å². The predicted molar refractivity (Wildman–Crippen MR) is 88.7 cm³/mol. The van der Waals surface area contributed by atoms with E-state index >= 15 is 0 Å². The number of fused-ring (bicyclic) bond motifs is 1. The fourth-order valence-corrected chi connectivity index (χ4v) is 2.83. The molecule has 0 unspecified atom stereocenters. The molecular formula is C16H20N4O5. The van der Waals surface area contributed by atoms with Crippen LogP contribution in [0.1, 0.15) is 28.2 Å². The third-order valence-corrected chi connectivity index (χ3v) is 3.94. The summed E-state index contributed by atoms with van der Waals surface area (Å²) in [5.74, 6) is -1.12. The average Bonchev–Trinajstić information content (AvgIpc) is 3.11. The number of imidazole rings is 1. The van der Waals surface area contributed by atoms with Crippen molar-refractivity contribution in [2.45, 2.75) is 32.4 Å². The lowest BCUT2D eigenvalue weighted by atomic mass is 10.1. The highest BCUT2D eigenvalue weighted by atomic mass is 16.4. The molecule has 1 amide bonds. The van der Waals surface area contributed by atoms with E-state index in [-0.39, 0.29) is 18.4 Å². The van der Waals surface area contributed by atoms with Gasteiger partial charge in [-0.3, -0.25) is 18.8 Å². The first-order valence-electron chi connectivity index (χ1n) is 7.67. The zero-order valence-electron chi connectivity index (χ0n) is 13.9. The maximum Gasteiger partial charge on any atom is 0.320 e. The van der Waals surface area contributed by atoms with Gasteiger partial charge in [-0.15, -0.1) is 0 Å². The minimum absolute atomic E-state index is 0.191. The monoisotopic (exact) mass is 348 g/mol. The minimum Gasteiger partial charge on any atom is -0.483 e. The molecule has 2 aromatic rings. The molecule has 0 aromatic carbocycles. The largest absolute Gasteiger partial charge is 0.483 e. The van der Waals surface area contributed by atoms with Crippen LogP contribution in [-0.2, 0) is 9.59 Å². The molecule has 9 nitrogen and oxygen atoms in total. The smallest absolute Gasteiger partial charge is 0.320 e. The summed E-state index contributed by atoms with van der Waals surface area (Å²) in [6.07, 6.45) is 2.21. The molecule has 134 valence electrons. The van der Waals surface area contributed by atoms with E-state index in [1.807, 2.05) is 25.3 Å². The Kier molecular flexibility index (Phi) is 5.71. The lowest BCUT2D eigenvalue weighted by Gasteiger charge is -2.12. The first-order valence-corrected chi connectivity index (χ1v) is 7.67. The van der Waals surface area contributed by atoms with Gasteiger partial charge in [-0.1, -0.05) is 0 Å². The van der Waals surface area contributed by atoms with Gasteiger partial charge in [-0.25, -0.2) is 4.98 Å². The number of amides is 1. The Morgan fingerprint density at radius 1 is 1.44 bits per heavy atom. The Bertz CT molecular complexity index is 801. The van der Waals surface area contributed by atoms with Gasteiger partial charge in [0.15, 0.2) is 0 Å². The van der Waals surface area contributed by atoms with Crippen LogP contribution in [0.4, 0.5) is 0 Å². The summed E-state index contributed by atoms with van der Waals surface area (Å²) >= 11 is 0. The van der Waals surface area contributed by atoms with E-state index in [4.69, 9.17) is 15.0 Å². The van der Waals surface area contributed by atoms with Gasteiger partial charge in [0.25, 0.3) is 12.4 Å². The van der Waals surface area contributed by atoms with Gasteiger partial charge in [0.2, 0.25) is 0 Å². The van der Waals surface area contributed by atoms with Crippen LogP contribution in [0.2, 0.25) is 0 Å². The Hall–Kier alpha value is -2.94. The van der Waals surface area contributed by atoms with Crippen LogP contribution in [0.25, 0.3) is 5.65 Å². The van der Waals surface area contributed by atoms with Crippen LogP contribution in [0.15, 0.2) is 18.3 Å². The number of pyridine rings is 1. The maximum absolute atomic E-state index is 12.5. The topological polar surface area (TPSA) is 133 Å². The average molecular weight is 348 g/mol. The standard InChI is InChI=1S/C15H18N4O3.CH2O2/c1-8-3-4-19-12(5-8)17-9(2)13(19)14(20)18-10-6-11(15(21)22)16-7-10;2-1-3/h3-5,10-11,16H,6-7H2,1-2H3,(H,18,20)(H,21,22);1H,(H,2,3)/t10-,11-;/m0./s1. The number of hydrogen-bond donors (Lipinski definition) is 4. The Balaban J connectivity index is 0.000000701. The van der Waals surface area contributed by atoms with E-state index in [1.54, 1.807) is 11.3 Å². The number of nitrogens with zero attached hydrogens (tertiary/aromatic N) is 2. The van der Waals surface area contributed by atoms with Gasteiger partial charge in [0.05, 0.1) is 5.69 Å². The Morgan fingerprint density at radius 2 is 2.12 bits per heavy atom. The van der Waals surface area contributed by atoms with Gasteiger partial charge in [0, 0.05) is 18.8 Å². The molecular weight excluding hydrogens is 328 g/mol. The van der Waals surface area contributed by atoms with E-state index in [2.05, 4.69) is 15.6 Å². The van der Waals surface area contributed by atoms with Crippen molar-refractivity contribution < 1.29 is 24.6 Å². The lowest BCUT2D eigenvalue weighted by molar-refractivity contribution is -0.139. The Morgan fingerprint density at radius 3 is 2.72 bits per heavy atom. The van der Waals surface area contributed by atoms with Crippen molar-refractivity contribution in [2.75, 3.05) is 6.54 Å². The first-order chi connectivity index (χ1) is 11.9. The molecule has 0 radical (unpaired) electrons. The molecule has 1 aliphatic heterocycles. The molecule has 3 rings (SSSR count). The number of carboxylic acid groups (broad SMARTS) is 2. The number of aliphatic carboxylic acids is 1. The molecule has 3 heterocycles. The fourth-order valence-electron chi connectivity index (χ4n) is 2.83. The number of aryl methyl sites for hydroxylation is 2. The molecule has 25 heavy (non-hydrogen) atoms. The summed E-state index contributed by atoms with van der Waals surface area (Å²) in [5, 5.41) is 21.6. The van der Waals surface area contributed by atoms with Crippen molar-refractivity contribution in [3.63, 3.8) is 0 Å². The molecule has 0 saturated carbocycles. The van der Waals surface area contributed by atoms with Crippen molar-refractivity contribution in [3.05, 3.63) is 35.3 Å². The van der Waals surface area contributed by atoms with Gasteiger partial charge < -0.3 is 20.8 Å². The van der Waals surface area contributed by atoms with Crippen LogP contribution in [0.3, 0.4) is 0 Å². The second-order valence-corrected chi connectivity index (χ2v) is 5.79. The third-order valence-electron chi connectivity index (χ3n) is 3.94. The summed E-state index contributed by atoms with van der Waals surface area (Å²) in [6, 6.07) is 3.05. The highest BCUT2D eigenvalue weighted by molar-refractivity contribution is 5.95. The number of carbonyl (C=O) groups is 3. The molecule has 0 aliphatic carbocycles. The molecule has 1 aliphatic rings. The van der Waals surface area contributed by atoms with Crippen LogP contribution >= 0.6 is 0 Å². The number of nitrogens with one attached hydrogen (secondary N) is 2. The normalized spacial score (nSPS) is 19.1. The van der Waals surface area contributed by atoms with E-state index < -0.39 is 12.0 Å². The predicted octanol–water partition coefficient (Wildman–Crippen LogP) is 0.197. The quantitative estimate of drug-likeness (QED) is 0.582. The zero-order valence-corrected chi connectivity index (χ0v) is 13.9. The molecule has 9 heteroatoms. The molecule has 0 spiro atoms.